The van der Waals surface area contributed by atoms with Gasteiger partial charge in [-0.2, -0.15) is 0 Å². The van der Waals surface area contributed by atoms with E-state index in [1.165, 1.54) is 57.8 Å². The Morgan fingerprint density at radius 2 is 1.44 bits per heavy atom. The van der Waals surface area contributed by atoms with Crippen molar-refractivity contribution < 1.29 is 9.53 Å². The summed E-state index contributed by atoms with van der Waals surface area (Å²) in [5.74, 6) is 0.755. The minimum Gasteiger partial charge on any atom is -0.481 e. The summed E-state index contributed by atoms with van der Waals surface area (Å²) in [5.41, 5.74) is 0. The van der Waals surface area contributed by atoms with Gasteiger partial charge in [0, 0.05) is 6.54 Å². The van der Waals surface area contributed by atoms with Crippen LogP contribution >= 0.6 is 0 Å². The Balaban J connectivity index is 2.02. The molecular weight excluding hydrogens is 310 g/mol. The van der Waals surface area contributed by atoms with E-state index in [4.69, 9.17) is 4.74 Å². The normalized spacial score (nSPS) is 11.9. The number of benzene rings is 1. The molecule has 0 heterocycles. The van der Waals surface area contributed by atoms with E-state index in [1.807, 2.05) is 37.3 Å². The van der Waals surface area contributed by atoms with Crippen LogP contribution in [0.5, 0.6) is 5.75 Å². The second kappa shape index (κ2) is 14.8. The Kier molecular flexibility index (Phi) is 12.7. The number of carbonyl (C=O) groups is 1. The fourth-order valence-corrected chi connectivity index (χ4v) is 2.92. The molecule has 0 saturated heterocycles. The number of unbranched alkanes of at least 4 members (excludes halogenated alkanes) is 9. The Morgan fingerprint density at radius 1 is 0.880 bits per heavy atom. The lowest BCUT2D eigenvalue weighted by atomic mass is 10.1. The van der Waals surface area contributed by atoms with Crippen LogP contribution in [0.4, 0.5) is 0 Å². The highest BCUT2D eigenvalue weighted by Crippen LogP contribution is 2.13. The maximum Gasteiger partial charge on any atom is 0.261 e. The zero-order valence-electron chi connectivity index (χ0n) is 16.3. The topological polar surface area (TPSA) is 38.3 Å². The quantitative estimate of drug-likeness (QED) is 0.402. The van der Waals surface area contributed by atoms with Gasteiger partial charge >= 0.3 is 0 Å². The van der Waals surface area contributed by atoms with Crippen molar-refractivity contribution in [3.63, 3.8) is 0 Å². The monoisotopic (exact) mass is 347 g/mol. The molecule has 142 valence electrons. The molecule has 0 spiro atoms. The minimum atomic E-state index is -0.398. The van der Waals surface area contributed by atoms with Crippen LogP contribution in [-0.4, -0.2) is 18.6 Å². The predicted octanol–water partition coefficient (Wildman–Crippen LogP) is 5.88. The molecule has 1 unspecified atom stereocenters. The summed E-state index contributed by atoms with van der Waals surface area (Å²) in [6.45, 7) is 4.99. The lowest BCUT2D eigenvalue weighted by Gasteiger charge is -2.17. The van der Waals surface area contributed by atoms with Gasteiger partial charge in [0.25, 0.3) is 5.91 Å². The van der Waals surface area contributed by atoms with Gasteiger partial charge in [-0.25, -0.2) is 0 Å². The summed E-state index contributed by atoms with van der Waals surface area (Å²) >= 11 is 0. The van der Waals surface area contributed by atoms with E-state index in [0.717, 1.165) is 18.7 Å². The molecule has 25 heavy (non-hydrogen) atoms. The second-order valence-corrected chi connectivity index (χ2v) is 6.80. The minimum absolute atomic E-state index is 0.00211. The largest absolute Gasteiger partial charge is 0.481 e. The van der Waals surface area contributed by atoms with Gasteiger partial charge in [0.15, 0.2) is 6.10 Å². The van der Waals surface area contributed by atoms with Gasteiger partial charge in [-0.05, 0) is 25.0 Å². The van der Waals surface area contributed by atoms with E-state index in [1.54, 1.807) is 0 Å². The van der Waals surface area contributed by atoms with Gasteiger partial charge in [-0.3, -0.25) is 4.79 Å². The molecule has 1 aromatic rings. The van der Waals surface area contributed by atoms with Gasteiger partial charge in [0.1, 0.15) is 5.75 Å². The van der Waals surface area contributed by atoms with Gasteiger partial charge in [0.05, 0.1) is 0 Å². The van der Waals surface area contributed by atoms with Crippen molar-refractivity contribution in [1.29, 1.82) is 0 Å². The first kappa shape index (κ1) is 21.5. The molecule has 3 heteroatoms. The molecule has 0 aromatic heterocycles. The highest BCUT2D eigenvalue weighted by molar-refractivity contribution is 5.81. The van der Waals surface area contributed by atoms with Crippen molar-refractivity contribution in [2.24, 2.45) is 0 Å². The van der Waals surface area contributed by atoms with E-state index >= 15 is 0 Å². The molecule has 1 rings (SSSR count). The van der Waals surface area contributed by atoms with Crippen molar-refractivity contribution >= 4 is 5.91 Å². The SMILES string of the molecule is CCCCCCCCCCCCNC(=O)C(CC)Oc1ccccc1. The molecule has 1 N–H and O–H groups in total. The molecule has 1 amide bonds. The summed E-state index contributed by atoms with van der Waals surface area (Å²) in [7, 11) is 0. The van der Waals surface area contributed by atoms with Gasteiger partial charge < -0.3 is 10.1 Å². The number of para-hydroxylation sites is 1. The van der Waals surface area contributed by atoms with Gasteiger partial charge in [-0.15, -0.1) is 0 Å². The summed E-state index contributed by atoms with van der Waals surface area (Å²) in [6, 6.07) is 9.56. The number of carbonyl (C=O) groups excluding carboxylic acids is 1. The number of hydrogen-bond donors (Lipinski definition) is 1. The molecule has 0 aliphatic carbocycles. The fourth-order valence-electron chi connectivity index (χ4n) is 2.92. The van der Waals surface area contributed by atoms with E-state index in [-0.39, 0.29) is 5.91 Å². The average Bonchev–Trinajstić information content (AvgIpc) is 2.64. The van der Waals surface area contributed by atoms with Crippen LogP contribution in [0.15, 0.2) is 30.3 Å². The fraction of sp³-hybridized carbons (Fsp3) is 0.682. The summed E-state index contributed by atoms with van der Waals surface area (Å²) < 4.78 is 5.76. The van der Waals surface area contributed by atoms with Crippen molar-refractivity contribution in [2.75, 3.05) is 6.54 Å². The number of ether oxygens (including phenoxy) is 1. The van der Waals surface area contributed by atoms with E-state index in [0.29, 0.717) is 6.42 Å². The smallest absolute Gasteiger partial charge is 0.261 e. The van der Waals surface area contributed by atoms with Crippen molar-refractivity contribution in [3.05, 3.63) is 30.3 Å². The Bertz CT molecular complexity index is 433. The Labute approximate surface area is 154 Å². The highest BCUT2D eigenvalue weighted by Gasteiger charge is 2.17. The molecule has 0 aliphatic rings. The zero-order chi connectivity index (χ0) is 18.2. The maximum absolute atomic E-state index is 12.2. The molecular formula is C22H37NO2. The third kappa shape index (κ3) is 10.9. The summed E-state index contributed by atoms with van der Waals surface area (Å²) in [4.78, 5) is 12.2. The molecule has 1 aromatic carbocycles. The maximum atomic E-state index is 12.2. The van der Waals surface area contributed by atoms with Crippen molar-refractivity contribution in [1.82, 2.24) is 5.32 Å². The zero-order valence-corrected chi connectivity index (χ0v) is 16.3. The number of amides is 1. The van der Waals surface area contributed by atoms with Crippen LogP contribution in [0, 0.1) is 0 Å². The molecule has 0 saturated carbocycles. The Morgan fingerprint density at radius 3 is 2.00 bits per heavy atom. The van der Waals surface area contributed by atoms with E-state index in [9.17, 15) is 4.79 Å². The van der Waals surface area contributed by atoms with Crippen molar-refractivity contribution in [3.8, 4) is 5.75 Å². The first-order chi connectivity index (χ1) is 12.3. The van der Waals surface area contributed by atoms with E-state index in [2.05, 4.69) is 12.2 Å². The first-order valence-electron chi connectivity index (χ1n) is 10.3. The number of hydrogen-bond acceptors (Lipinski definition) is 2. The number of nitrogens with one attached hydrogen (secondary N) is 1. The molecule has 0 radical (unpaired) electrons. The van der Waals surface area contributed by atoms with Crippen LogP contribution in [0.1, 0.15) is 84.5 Å². The van der Waals surface area contributed by atoms with Gasteiger partial charge in [-0.1, -0.05) is 89.8 Å². The third-order valence-corrected chi connectivity index (χ3v) is 4.51. The predicted molar refractivity (Wildman–Crippen MR) is 106 cm³/mol. The van der Waals surface area contributed by atoms with Crippen LogP contribution < -0.4 is 10.1 Å². The Hall–Kier alpha value is -1.51. The van der Waals surface area contributed by atoms with Crippen molar-refractivity contribution in [2.45, 2.75) is 90.6 Å². The molecule has 1 atom stereocenters. The van der Waals surface area contributed by atoms with Crippen LogP contribution in [0.2, 0.25) is 0 Å². The van der Waals surface area contributed by atoms with E-state index < -0.39 is 6.10 Å². The second-order valence-electron chi connectivity index (χ2n) is 6.80. The average molecular weight is 348 g/mol. The lowest BCUT2D eigenvalue weighted by molar-refractivity contribution is -0.128. The highest BCUT2D eigenvalue weighted by atomic mass is 16.5. The first-order valence-corrected chi connectivity index (χ1v) is 10.3. The lowest BCUT2D eigenvalue weighted by Crippen LogP contribution is -2.38. The van der Waals surface area contributed by atoms with Crippen LogP contribution in [-0.2, 0) is 4.79 Å². The molecule has 0 aliphatic heterocycles. The number of rotatable bonds is 15. The third-order valence-electron chi connectivity index (χ3n) is 4.51. The standard InChI is InChI=1S/C22H37NO2/c1-3-5-6-7-8-9-10-11-12-16-19-23-22(24)21(4-2)25-20-17-14-13-15-18-20/h13-15,17-18,21H,3-12,16,19H2,1-2H3,(H,23,24). The van der Waals surface area contributed by atoms with Crippen LogP contribution in [0.25, 0.3) is 0 Å². The molecule has 3 nitrogen and oxygen atoms in total. The van der Waals surface area contributed by atoms with Crippen LogP contribution in [0.3, 0.4) is 0 Å². The van der Waals surface area contributed by atoms with Gasteiger partial charge in [0.2, 0.25) is 0 Å². The molecule has 0 bridgehead atoms. The summed E-state index contributed by atoms with van der Waals surface area (Å²) in [6.07, 6.45) is 13.4. The molecule has 0 fully saturated rings. The summed E-state index contributed by atoms with van der Waals surface area (Å²) in [5, 5.41) is 3.02.